The van der Waals surface area contributed by atoms with Gasteiger partial charge in [-0.15, -0.1) is 0 Å². The van der Waals surface area contributed by atoms with Crippen LogP contribution in [0.2, 0.25) is 0 Å². The highest BCUT2D eigenvalue weighted by molar-refractivity contribution is 5.95. The van der Waals surface area contributed by atoms with Gasteiger partial charge in [0.05, 0.1) is 12.1 Å². The maximum absolute atomic E-state index is 13.1. The van der Waals surface area contributed by atoms with E-state index in [4.69, 9.17) is 0 Å². The Morgan fingerprint density at radius 2 is 2.00 bits per heavy atom. The largest absolute Gasteiger partial charge is 0.419 e. The average Bonchev–Trinajstić information content (AvgIpc) is 2.29. The Morgan fingerprint density at radius 3 is 2.61 bits per heavy atom. The highest BCUT2D eigenvalue weighted by Crippen LogP contribution is 2.33. The van der Waals surface area contributed by atoms with Gasteiger partial charge in [0, 0.05) is 18.8 Å². The lowest BCUT2D eigenvalue weighted by Gasteiger charge is -2.28. The highest BCUT2D eigenvalue weighted by Gasteiger charge is 2.35. The van der Waals surface area contributed by atoms with Crippen LogP contribution in [0.15, 0.2) is 18.2 Å². The summed E-state index contributed by atoms with van der Waals surface area (Å²) in [4.78, 5) is 12.7. The van der Waals surface area contributed by atoms with Gasteiger partial charge in [-0.3, -0.25) is 4.79 Å². The molecule has 1 aliphatic heterocycles. The molecule has 7 heteroatoms. The Kier molecular flexibility index (Phi) is 3.25. The molecule has 1 amide bonds. The summed E-state index contributed by atoms with van der Waals surface area (Å²) in [5.74, 6) is -1.67. The van der Waals surface area contributed by atoms with Gasteiger partial charge in [0.2, 0.25) is 5.91 Å². The van der Waals surface area contributed by atoms with E-state index >= 15 is 0 Å². The number of benzene rings is 1. The molecule has 1 N–H and O–H groups in total. The van der Waals surface area contributed by atoms with Gasteiger partial charge < -0.3 is 10.2 Å². The first-order valence-corrected chi connectivity index (χ1v) is 5.27. The average molecular weight is 262 g/mol. The van der Waals surface area contributed by atoms with Crippen LogP contribution in [0.4, 0.5) is 23.2 Å². The van der Waals surface area contributed by atoms with Crippen molar-refractivity contribution in [3.8, 4) is 0 Å². The van der Waals surface area contributed by atoms with Crippen molar-refractivity contribution in [2.45, 2.75) is 6.18 Å². The second kappa shape index (κ2) is 4.56. The molecular weight excluding hydrogens is 252 g/mol. The standard InChI is InChI=1S/C11H10F4N2O/c12-9-2-1-7(5-8(9)11(13,14)15)17-4-3-16-6-10(17)18/h1-2,5,16H,3-4,6H2. The van der Waals surface area contributed by atoms with E-state index < -0.39 is 17.6 Å². The number of nitrogens with one attached hydrogen (secondary N) is 1. The second-order valence-corrected chi connectivity index (χ2v) is 3.88. The normalized spacial score (nSPS) is 17.1. The fourth-order valence-electron chi connectivity index (χ4n) is 1.78. The number of nitrogens with zero attached hydrogens (tertiary/aromatic N) is 1. The zero-order valence-corrected chi connectivity index (χ0v) is 9.22. The van der Waals surface area contributed by atoms with Crippen molar-refractivity contribution >= 4 is 11.6 Å². The summed E-state index contributed by atoms with van der Waals surface area (Å²) in [6.45, 7) is 0.824. The number of amides is 1. The predicted octanol–water partition coefficient (Wildman–Crippen LogP) is 1.78. The van der Waals surface area contributed by atoms with E-state index in [0.717, 1.165) is 6.07 Å². The van der Waals surface area contributed by atoms with Gasteiger partial charge in [-0.25, -0.2) is 4.39 Å². The van der Waals surface area contributed by atoms with E-state index in [0.29, 0.717) is 12.6 Å². The Labute approximate surface area is 100 Å². The smallest absolute Gasteiger partial charge is 0.310 e. The molecular formula is C11H10F4N2O. The van der Waals surface area contributed by atoms with Crippen molar-refractivity contribution < 1.29 is 22.4 Å². The molecule has 2 rings (SSSR count). The Balaban J connectivity index is 2.37. The monoisotopic (exact) mass is 262 g/mol. The molecule has 0 aliphatic carbocycles. The van der Waals surface area contributed by atoms with Crippen LogP contribution in [0, 0.1) is 5.82 Å². The van der Waals surface area contributed by atoms with E-state index in [1.165, 1.54) is 11.0 Å². The summed E-state index contributed by atoms with van der Waals surface area (Å²) in [6.07, 6.45) is -4.77. The van der Waals surface area contributed by atoms with Crippen molar-refractivity contribution in [1.82, 2.24) is 5.32 Å². The number of carbonyl (C=O) groups excluding carboxylic acids is 1. The minimum Gasteiger partial charge on any atom is -0.310 e. The van der Waals surface area contributed by atoms with Gasteiger partial charge in [0.25, 0.3) is 0 Å². The maximum atomic E-state index is 13.1. The summed E-state index contributed by atoms with van der Waals surface area (Å²) in [5, 5.41) is 2.80. The maximum Gasteiger partial charge on any atom is 0.419 e. The number of hydrogen-bond donors (Lipinski definition) is 1. The molecule has 1 aromatic rings. The first kappa shape index (κ1) is 12.8. The summed E-state index contributed by atoms with van der Waals surface area (Å²) in [6, 6.07) is 2.57. The topological polar surface area (TPSA) is 32.3 Å². The number of halogens is 4. The molecule has 1 saturated heterocycles. The zero-order chi connectivity index (χ0) is 13.3. The van der Waals surface area contributed by atoms with Gasteiger partial charge >= 0.3 is 6.18 Å². The minimum absolute atomic E-state index is 0.0650. The van der Waals surface area contributed by atoms with Crippen molar-refractivity contribution in [2.24, 2.45) is 0 Å². The summed E-state index contributed by atoms with van der Waals surface area (Å²) in [5.41, 5.74) is -1.29. The molecule has 98 valence electrons. The van der Waals surface area contributed by atoms with Crippen LogP contribution in [-0.2, 0) is 11.0 Å². The third kappa shape index (κ3) is 2.45. The molecule has 0 unspecified atom stereocenters. The van der Waals surface area contributed by atoms with Crippen molar-refractivity contribution in [3.63, 3.8) is 0 Å². The molecule has 1 heterocycles. The van der Waals surface area contributed by atoms with Crippen molar-refractivity contribution in [3.05, 3.63) is 29.6 Å². The molecule has 18 heavy (non-hydrogen) atoms. The first-order valence-electron chi connectivity index (χ1n) is 5.27. The van der Waals surface area contributed by atoms with Crippen LogP contribution in [0.3, 0.4) is 0 Å². The van der Waals surface area contributed by atoms with Crippen LogP contribution >= 0.6 is 0 Å². The van der Waals surface area contributed by atoms with E-state index in [-0.39, 0.29) is 24.7 Å². The number of alkyl halides is 3. The summed E-state index contributed by atoms with van der Waals surface area (Å²) in [7, 11) is 0. The van der Waals surface area contributed by atoms with E-state index in [2.05, 4.69) is 5.32 Å². The molecule has 0 spiro atoms. The molecule has 1 fully saturated rings. The Morgan fingerprint density at radius 1 is 1.28 bits per heavy atom. The lowest BCUT2D eigenvalue weighted by atomic mass is 10.1. The molecule has 0 bridgehead atoms. The zero-order valence-electron chi connectivity index (χ0n) is 9.22. The van der Waals surface area contributed by atoms with E-state index in [1.807, 2.05) is 0 Å². The van der Waals surface area contributed by atoms with Crippen LogP contribution in [0.1, 0.15) is 5.56 Å². The number of carbonyl (C=O) groups is 1. The Hall–Kier alpha value is -1.63. The predicted molar refractivity (Wildman–Crippen MR) is 56.6 cm³/mol. The lowest BCUT2D eigenvalue weighted by molar-refractivity contribution is -0.140. The Bertz CT molecular complexity index is 473. The third-order valence-electron chi connectivity index (χ3n) is 2.66. The number of rotatable bonds is 1. The van der Waals surface area contributed by atoms with E-state index in [9.17, 15) is 22.4 Å². The van der Waals surface area contributed by atoms with Crippen LogP contribution < -0.4 is 10.2 Å². The fraction of sp³-hybridized carbons (Fsp3) is 0.364. The van der Waals surface area contributed by atoms with Crippen molar-refractivity contribution in [2.75, 3.05) is 24.5 Å². The van der Waals surface area contributed by atoms with Gasteiger partial charge in [0.15, 0.2) is 0 Å². The first-order chi connectivity index (χ1) is 8.39. The third-order valence-corrected chi connectivity index (χ3v) is 2.66. The summed E-state index contributed by atoms with van der Waals surface area (Å²) >= 11 is 0. The van der Waals surface area contributed by atoms with Crippen LogP contribution in [-0.4, -0.2) is 25.5 Å². The van der Waals surface area contributed by atoms with Crippen LogP contribution in [0.5, 0.6) is 0 Å². The number of piperazine rings is 1. The molecule has 0 radical (unpaired) electrons. The SMILES string of the molecule is O=C1CNCCN1c1ccc(F)c(C(F)(F)F)c1. The number of anilines is 1. The quantitative estimate of drug-likeness (QED) is 0.782. The van der Waals surface area contributed by atoms with Crippen molar-refractivity contribution in [1.29, 1.82) is 0 Å². The van der Waals surface area contributed by atoms with Gasteiger partial charge in [-0.05, 0) is 18.2 Å². The van der Waals surface area contributed by atoms with E-state index in [1.54, 1.807) is 0 Å². The molecule has 0 saturated carbocycles. The molecule has 0 aromatic heterocycles. The number of hydrogen-bond acceptors (Lipinski definition) is 2. The van der Waals surface area contributed by atoms with Gasteiger partial charge in [0.1, 0.15) is 5.82 Å². The fourth-order valence-corrected chi connectivity index (χ4v) is 1.78. The van der Waals surface area contributed by atoms with Gasteiger partial charge in [-0.1, -0.05) is 0 Å². The second-order valence-electron chi connectivity index (χ2n) is 3.88. The molecule has 1 aromatic carbocycles. The molecule has 0 atom stereocenters. The molecule has 3 nitrogen and oxygen atoms in total. The highest BCUT2D eigenvalue weighted by atomic mass is 19.4. The summed E-state index contributed by atoms with van der Waals surface area (Å²) < 4.78 is 50.7. The molecule has 1 aliphatic rings. The minimum atomic E-state index is -4.77. The lowest BCUT2D eigenvalue weighted by Crippen LogP contribution is -2.48. The van der Waals surface area contributed by atoms with Crippen LogP contribution in [0.25, 0.3) is 0 Å². The van der Waals surface area contributed by atoms with Gasteiger partial charge in [-0.2, -0.15) is 13.2 Å².